The van der Waals surface area contributed by atoms with Crippen molar-refractivity contribution in [2.45, 2.75) is 33.2 Å². The minimum absolute atomic E-state index is 0.00435. The Labute approximate surface area is 215 Å². The molecule has 0 radical (unpaired) electrons. The highest BCUT2D eigenvalue weighted by Crippen LogP contribution is 2.43. The molecule has 0 aliphatic carbocycles. The summed E-state index contributed by atoms with van der Waals surface area (Å²) < 4.78 is 10.6. The number of anilines is 1. The van der Waals surface area contributed by atoms with Gasteiger partial charge in [-0.05, 0) is 73.4 Å². The predicted octanol–water partition coefficient (Wildman–Crippen LogP) is 5.51. The molecule has 4 rings (SSSR count). The van der Waals surface area contributed by atoms with Crippen LogP contribution in [-0.2, 0) is 14.3 Å². The number of aryl methyl sites for hydroxylation is 2. The van der Waals surface area contributed by atoms with Crippen LogP contribution in [0.5, 0.6) is 5.75 Å². The quantitative estimate of drug-likeness (QED) is 0.200. The van der Waals surface area contributed by atoms with Crippen LogP contribution in [0.4, 0.5) is 5.69 Å². The number of ether oxygens (including phenoxy) is 2. The lowest BCUT2D eigenvalue weighted by atomic mass is 9.93. The third-order valence-electron chi connectivity index (χ3n) is 6.38. The second kappa shape index (κ2) is 10.7. The lowest BCUT2D eigenvalue weighted by molar-refractivity contribution is -0.132. The molecular weight excluding hydrogens is 470 g/mol. The largest absolute Gasteiger partial charge is 0.507 e. The molecule has 3 aromatic carbocycles. The van der Waals surface area contributed by atoms with E-state index < -0.39 is 23.7 Å². The number of esters is 1. The van der Waals surface area contributed by atoms with Crippen molar-refractivity contribution in [2.75, 3.05) is 18.6 Å². The molecule has 1 fully saturated rings. The smallest absolute Gasteiger partial charge is 0.338 e. The van der Waals surface area contributed by atoms with Crippen molar-refractivity contribution in [2.24, 2.45) is 0 Å². The summed E-state index contributed by atoms with van der Waals surface area (Å²) in [5, 5.41) is 11.5. The van der Waals surface area contributed by atoms with Crippen molar-refractivity contribution in [1.29, 1.82) is 0 Å². The molecule has 1 atom stereocenters. The molecule has 1 aliphatic rings. The van der Waals surface area contributed by atoms with Crippen molar-refractivity contribution < 1.29 is 29.0 Å². The number of carbonyl (C=O) groups is 3. The van der Waals surface area contributed by atoms with Gasteiger partial charge < -0.3 is 14.6 Å². The fourth-order valence-electron chi connectivity index (χ4n) is 4.50. The van der Waals surface area contributed by atoms with Crippen LogP contribution in [0.1, 0.15) is 52.0 Å². The highest BCUT2D eigenvalue weighted by Gasteiger charge is 2.47. The molecule has 1 heterocycles. The zero-order valence-corrected chi connectivity index (χ0v) is 21.3. The van der Waals surface area contributed by atoms with E-state index >= 15 is 0 Å². The number of Topliss-reactive ketones (excluding diaryl/α,β-unsaturated/α-hetero) is 1. The Morgan fingerprint density at radius 1 is 0.973 bits per heavy atom. The van der Waals surface area contributed by atoms with Crippen LogP contribution in [0, 0.1) is 13.8 Å². The van der Waals surface area contributed by atoms with Crippen LogP contribution < -0.4 is 9.64 Å². The van der Waals surface area contributed by atoms with Crippen LogP contribution in [0.25, 0.3) is 5.76 Å². The number of methoxy groups -OCH3 is 1. The molecule has 1 amide bonds. The molecule has 1 unspecified atom stereocenters. The van der Waals surface area contributed by atoms with E-state index in [2.05, 4.69) is 0 Å². The summed E-state index contributed by atoms with van der Waals surface area (Å²) in [7, 11) is 1.57. The molecular formula is C30H29NO6. The lowest BCUT2D eigenvalue weighted by Crippen LogP contribution is -2.29. The first-order chi connectivity index (χ1) is 17.8. The van der Waals surface area contributed by atoms with Gasteiger partial charge in [0.15, 0.2) is 0 Å². The average Bonchev–Trinajstić information content (AvgIpc) is 3.18. The van der Waals surface area contributed by atoms with E-state index in [0.29, 0.717) is 46.7 Å². The normalized spacial score (nSPS) is 16.6. The number of nitrogens with zero attached hydrogens (tertiary/aromatic N) is 1. The fourth-order valence-corrected chi connectivity index (χ4v) is 4.50. The molecule has 0 spiro atoms. The van der Waals surface area contributed by atoms with Gasteiger partial charge >= 0.3 is 5.97 Å². The first-order valence-corrected chi connectivity index (χ1v) is 12.1. The number of carbonyl (C=O) groups excluding carboxylic acids is 3. The molecule has 1 aliphatic heterocycles. The second-order valence-corrected chi connectivity index (χ2v) is 8.90. The maximum absolute atomic E-state index is 13.4. The minimum atomic E-state index is -0.860. The standard InChI is InChI=1S/C30H29NO6/c1-5-15-37-30(35)21-11-13-22(14-12-21)31-26(20-9-7-6-8-10-20)25(28(33)29(31)34)27(32)23-16-19(3)24(36-4)17-18(23)2/h6-14,16-17,26,32H,5,15H2,1-4H3/b27-25+. The first kappa shape index (κ1) is 25.7. The van der Waals surface area contributed by atoms with Crippen LogP contribution in [0.2, 0.25) is 0 Å². The zero-order valence-electron chi connectivity index (χ0n) is 21.3. The Bertz CT molecular complexity index is 1380. The fraction of sp³-hybridized carbons (Fsp3) is 0.233. The van der Waals surface area contributed by atoms with Gasteiger partial charge in [-0.3, -0.25) is 14.5 Å². The summed E-state index contributed by atoms with van der Waals surface area (Å²) >= 11 is 0. The van der Waals surface area contributed by atoms with E-state index in [1.165, 1.54) is 4.90 Å². The van der Waals surface area contributed by atoms with Crippen molar-refractivity contribution >= 4 is 29.1 Å². The van der Waals surface area contributed by atoms with Crippen LogP contribution in [0.15, 0.2) is 72.3 Å². The maximum Gasteiger partial charge on any atom is 0.338 e. The number of hydrogen-bond acceptors (Lipinski definition) is 6. The van der Waals surface area contributed by atoms with Gasteiger partial charge in [0.1, 0.15) is 11.5 Å². The van der Waals surface area contributed by atoms with Crippen LogP contribution in [0.3, 0.4) is 0 Å². The molecule has 1 saturated heterocycles. The van der Waals surface area contributed by atoms with Gasteiger partial charge in [0, 0.05) is 11.3 Å². The number of aliphatic hydroxyl groups excluding tert-OH is 1. The third-order valence-corrected chi connectivity index (χ3v) is 6.38. The van der Waals surface area contributed by atoms with E-state index in [4.69, 9.17) is 9.47 Å². The van der Waals surface area contributed by atoms with Crippen molar-refractivity contribution in [3.63, 3.8) is 0 Å². The molecule has 190 valence electrons. The summed E-state index contributed by atoms with van der Waals surface area (Å²) in [6, 6.07) is 18.1. The lowest BCUT2D eigenvalue weighted by Gasteiger charge is -2.25. The van der Waals surface area contributed by atoms with Gasteiger partial charge in [-0.25, -0.2) is 4.79 Å². The van der Waals surface area contributed by atoms with Gasteiger partial charge in [0.05, 0.1) is 30.9 Å². The molecule has 7 nitrogen and oxygen atoms in total. The number of hydrogen-bond donors (Lipinski definition) is 1. The summed E-state index contributed by atoms with van der Waals surface area (Å²) in [4.78, 5) is 40.4. The monoisotopic (exact) mass is 499 g/mol. The van der Waals surface area contributed by atoms with Crippen molar-refractivity contribution in [3.8, 4) is 5.75 Å². The Kier molecular flexibility index (Phi) is 7.43. The number of ketones is 1. The molecule has 1 N–H and O–H groups in total. The molecule has 0 saturated carbocycles. The molecule has 3 aromatic rings. The maximum atomic E-state index is 13.4. The van der Waals surface area contributed by atoms with Crippen LogP contribution in [-0.4, -0.2) is 36.5 Å². The Morgan fingerprint density at radius 3 is 2.27 bits per heavy atom. The summed E-state index contributed by atoms with van der Waals surface area (Å²) in [5.41, 5.74) is 3.36. The third kappa shape index (κ3) is 4.85. The Balaban J connectivity index is 1.84. The van der Waals surface area contributed by atoms with E-state index in [-0.39, 0.29) is 11.3 Å². The Hall–Kier alpha value is -4.39. The molecule has 0 bridgehead atoms. The number of amides is 1. The van der Waals surface area contributed by atoms with Gasteiger partial charge in [-0.15, -0.1) is 0 Å². The van der Waals surface area contributed by atoms with E-state index in [1.54, 1.807) is 62.6 Å². The number of aliphatic hydroxyl groups is 1. The minimum Gasteiger partial charge on any atom is -0.507 e. The molecule has 37 heavy (non-hydrogen) atoms. The molecule has 0 aromatic heterocycles. The predicted molar refractivity (Wildman–Crippen MR) is 141 cm³/mol. The van der Waals surface area contributed by atoms with Gasteiger partial charge in [-0.1, -0.05) is 37.3 Å². The summed E-state index contributed by atoms with van der Waals surface area (Å²) in [6.45, 7) is 5.87. The Morgan fingerprint density at radius 2 is 1.65 bits per heavy atom. The van der Waals surface area contributed by atoms with Gasteiger partial charge in [0.25, 0.3) is 11.7 Å². The van der Waals surface area contributed by atoms with Crippen molar-refractivity contribution in [3.05, 3.63) is 100 Å². The van der Waals surface area contributed by atoms with Crippen molar-refractivity contribution in [1.82, 2.24) is 0 Å². The van der Waals surface area contributed by atoms with Gasteiger partial charge in [-0.2, -0.15) is 0 Å². The van der Waals surface area contributed by atoms with Gasteiger partial charge in [0.2, 0.25) is 0 Å². The van der Waals surface area contributed by atoms with E-state index in [9.17, 15) is 19.5 Å². The van der Waals surface area contributed by atoms with E-state index in [1.807, 2.05) is 32.0 Å². The topological polar surface area (TPSA) is 93.1 Å². The zero-order chi connectivity index (χ0) is 26.7. The molecule has 7 heteroatoms. The highest BCUT2D eigenvalue weighted by molar-refractivity contribution is 6.51. The summed E-state index contributed by atoms with van der Waals surface area (Å²) in [5.74, 6) is -1.60. The van der Waals surface area contributed by atoms with E-state index in [0.717, 1.165) is 5.56 Å². The number of rotatable bonds is 7. The average molecular weight is 500 g/mol. The second-order valence-electron chi connectivity index (χ2n) is 8.90. The highest BCUT2D eigenvalue weighted by atomic mass is 16.5. The van der Waals surface area contributed by atoms with Crippen LogP contribution >= 0.6 is 0 Å². The number of benzene rings is 3. The first-order valence-electron chi connectivity index (χ1n) is 12.1. The summed E-state index contributed by atoms with van der Waals surface area (Å²) in [6.07, 6.45) is 0.707. The SMILES string of the molecule is CCCOC(=O)c1ccc(N2C(=O)C(=O)/C(=C(/O)c3cc(C)c(OC)cc3C)C2c2ccccc2)cc1.